The van der Waals surface area contributed by atoms with Gasteiger partial charge in [-0.15, -0.1) is 0 Å². The summed E-state index contributed by atoms with van der Waals surface area (Å²) in [5, 5.41) is 20.0. The lowest BCUT2D eigenvalue weighted by molar-refractivity contribution is -0.00177. The molecule has 0 spiro atoms. The summed E-state index contributed by atoms with van der Waals surface area (Å²) >= 11 is 5.94. The van der Waals surface area contributed by atoms with Gasteiger partial charge in [-0.2, -0.15) is 5.10 Å². The summed E-state index contributed by atoms with van der Waals surface area (Å²) in [6, 6.07) is 1.72. The third-order valence-corrected chi connectivity index (χ3v) is 4.52. The van der Waals surface area contributed by atoms with Crippen molar-refractivity contribution in [1.29, 1.82) is 0 Å². The van der Waals surface area contributed by atoms with Crippen molar-refractivity contribution in [3.8, 4) is 11.3 Å². The predicted molar refractivity (Wildman–Crippen MR) is 109 cm³/mol. The van der Waals surface area contributed by atoms with Crippen LogP contribution in [0.4, 0.5) is 10.1 Å². The highest BCUT2D eigenvalue weighted by Gasteiger charge is 2.27. The Hall–Kier alpha value is -2.78. The van der Waals surface area contributed by atoms with Gasteiger partial charge in [-0.3, -0.25) is 9.78 Å². The van der Waals surface area contributed by atoms with Crippen LogP contribution in [0.2, 0.25) is 5.02 Å². The Kier molecular flexibility index (Phi) is 5.99. The van der Waals surface area contributed by atoms with Crippen molar-refractivity contribution in [2.45, 2.75) is 32.5 Å². The minimum absolute atomic E-state index is 0.269. The van der Waals surface area contributed by atoms with Gasteiger partial charge in [0, 0.05) is 18.9 Å². The Morgan fingerprint density at radius 2 is 2.10 bits per heavy atom. The second-order valence-electron chi connectivity index (χ2n) is 7.08. The smallest absolute Gasteiger partial charge is 0.255 e. The van der Waals surface area contributed by atoms with Crippen molar-refractivity contribution in [3.63, 3.8) is 0 Å². The minimum atomic E-state index is -1.60. The SMILES string of the molecule is CCNc1cc(-c2cnn3cc(Cl)cnc23)ncc1C(=O)NC[C@@H](F)C(C)(C)O. The summed E-state index contributed by atoms with van der Waals surface area (Å²) in [5.41, 5.74) is 1.10. The zero-order valence-electron chi connectivity index (χ0n) is 16.3. The molecule has 154 valence electrons. The van der Waals surface area contributed by atoms with Crippen LogP contribution >= 0.6 is 11.6 Å². The van der Waals surface area contributed by atoms with Crippen molar-refractivity contribution in [2.75, 3.05) is 18.4 Å². The summed E-state index contributed by atoms with van der Waals surface area (Å²) in [7, 11) is 0. The molecule has 1 amide bonds. The maximum absolute atomic E-state index is 13.9. The average molecular weight is 421 g/mol. The van der Waals surface area contributed by atoms with E-state index in [-0.39, 0.29) is 12.1 Å². The number of hydrogen-bond acceptors (Lipinski definition) is 6. The maximum atomic E-state index is 13.9. The molecule has 3 aromatic heterocycles. The number of carbonyl (C=O) groups is 1. The summed E-state index contributed by atoms with van der Waals surface area (Å²) in [4.78, 5) is 21.2. The number of amides is 1. The number of fused-ring (bicyclic) bond motifs is 1. The molecule has 0 unspecified atom stereocenters. The number of halogens is 2. The van der Waals surface area contributed by atoms with Crippen molar-refractivity contribution in [2.24, 2.45) is 0 Å². The number of nitrogens with one attached hydrogen (secondary N) is 2. The van der Waals surface area contributed by atoms with E-state index in [1.165, 1.54) is 26.2 Å². The number of anilines is 1. The van der Waals surface area contributed by atoms with Gasteiger partial charge in [0.05, 0.1) is 52.1 Å². The first-order chi connectivity index (χ1) is 13.7. The highest BCUT2D eigenvalue weighted by molar-refractivity contribution is 6.30. The van der Waals surface area contributed by atoms with Gasteiger partial charge in [0.25, 0.3) is 5.91 Å². The van der Waals surface area contributed by atoms with Crippen LogP contribution in [0.5, 0.6) is 0 Å². The van der Waals surface area contributed by atoms with E-state index in [2.05, 4.69) is 25.7 Å². The van der Waals surface area contributed by atoms with Gasteiger partial charge in [0.2, 0.25) is 0 Å². The Morgan fingerprint density at radius 3 is 2.79 bits per heavy atom. The van der Waals surface area contributed by atoms with Crippen LogP contribution in [-0.2, 0) is 0 Å². The van der Waals surface area contributed by atoms with Gasteiger partial charge in [-0.1, -0.05) is 11.6 Å². The molecule has 0 bridgehead atoms. The molecule has 0 aromatic carbocycles. The molecule has 0 radical (unpaired) electrons. The zero-order valence-corrected chi connectivity index (χ0v) is 17.0. The quantitative estimate of drug-likeness (QED) is 0.543. The molecule has 10 heteroatoms. The van der Waals surface area contributed by atoms with E-state index in [0.29, 0.717) is 34.2 Å². The lowest BCUT2D eigenvalue weighted by atomic mass is 10.0. The normalized spacial score (nSPS) is 12.8. The van der Waals surface area contributed by atoms with Gasteiger partial charge < -0.3 is 15.7 Å². The number of aromatic nitrogens is 4. The van der Waals surface area contributed by atoms with Crippen molar-refractivity contribution < 1.29 is 14.3 Å². The second kappa shape index (κ2) is 8.30. The molecule has 0 saturated carbocycles. The fraction of sp³-hybridized carbons (Fsp3) is 0.368. The third-order valence-electron chi connectivity index (χ3n) is 4.33. The number of rotatable bonds is 7. The molecule has 0 aliphatic carbocycles. The first-order valence-corrected chi connectivity index (χ1v) is 9.46. The molecule has 8 nitrogen and oxygen atoms in total. The van der Waals surface area contributed by atoms with Gasteiger partial charge in [0.15, 0.2) is 5.65 Å². The molecule has 29 heavy (non-hydrogen) atoms. The molecule has 0 fully saturated rings. The first kappa shape index (κ1) is 20.9. The van der Waals surface area contributed by atoms with Crippen LogP contribution in [0.1, 0.15) is 31.1 Å². The highest BCUT2D eigenvalue weighted by atomic mass is 35.5. The van der Waals surface area contributed by atoms with E-state index in [1.54, 1.807) is 23.0 Å². The van der Waals surface area contributed by atoms with Crippen LogP contribution in [0.25, 0.3) is 16.9 Å². The van der Waals surface area contributed by atoms with Gasteiger partial charge in [-0.25, -0.2) is 13.9 Å². The second-order valence-corrected chi connectivity index (χ2v) is 7.51. The van der Waals surface area contributed by atoms with E-state index in [4.69, 9.17) is 11.6 Å². The summed E-state index contributed by atoms with van der Waals surface area (Å²) in [5.74, 6) is -0.489. The topological polar surface area (TPSA) is 104 Å². The monoisotopic (exact) mass is 420 g/mol. The standard InChI is InChI=1S/C19H22ClFN6O2/c1-4-22-15-5-14(12-8-26-27-10-11(20)6-24-17(12)27)23-7-13(15)18(28)25-9-16(21)19(2,3)29/h5-8,10,16,29H,4,9H2,1-3H3,(H,22,23)(H,25,28)/t16-/m1/s1. The van der Waals surface area contributed by atoms with Gasteiger partial charge >= 0.3 is 0 Å². The maximum Gasteiger partial charge on any atom is 0.255 e. The molecule has 0 aliphatic rings. The Bertz CT molecular complexity index is 1030. The molecule has 0 saturated heterocycles. The third kappa shape index (κ3) is 4.63. The minimum Gasteiger partial charge on any atom is -0.387 e. The van der Waals surface area contributed by atoms with Crippen LogP contribution < -0.4 is 10.6 Å². The number of carbonyl (C=O) groups excluding carboxylic acids is 1. The lowest BCUT2D eigenvalue weighted by Crippen LogP contribution is -2.42. The molecule has 1 atom stereocenters. The van der Waals surface area contributed by atoms with E-state index >= 15 is 0 Å². The number of alkyl halides is 1. The van der Waals surface area contributed by atoms with E-state index in [0.717, 1.165) is 0 Å². The molecule has 3 rings (SSSR count). The lowest BCUT2D eigenvalue weighted by Gasteiger charge is -2.22. The largest absolute Gasteiger partial charge is 0.387 e. The van der Waals surface area contributed by atoms with Gasteiger partial charge in [0.1, 0.15) is 6.17 Å². The van der Waals surface area contributed by atoms with Crippen LogP contribution in [0, 0.1) is 0 Å². The molecule has 3 aromatic rings. The Morgan fingerprint density at radius 1 is 1.34 bits per heavy atom. The van der Waals surface area contributed by atoms with Crippen molar-refractivity contribution >= 4 is 28.8 Å². The fourth-order valence-corrected chi connectivity index (χ4v) is 2.82. The highest BCUT2D eigenvalue weighted by Crippen LogP contribution is 2.26. The van der Waals surface area contributed by atoms with Crippen molar-refractivity contribution in [1.82, 2.24) is 24.9 Å². The number of nitrogens with zero attached hydrogens (tertiary/aromatic N) is 4. The summed E-state index contributed by atoms with van der Waals surface area (Å²) < 4.78 is 15.5. The molecule has 0 aliphatic heterocycles. The summed E-state index contributed by atoms with van der Waals surface area (Å²) in [6.45, 7) is 4.85. The van der Waals surface area contributed by atoms with Gasteiger partial charge in [-0.05, 0) is 26.8 Å². The Balaban J connectivity index is 1.89. The molecule has 3 N–H and O–H groups in total. The van der Waals surface area contributed by atoms with Crippen molar-refractivity contribution in [3.05, 3.63) is 41.4 Å². The zero-order chi connectivity index (χ0) is 21.2. The van der Waals surface area contributed by atoms with E-state index in [9.17, 15) is 14.3 Å². The summed E-state index contributed by atoms with van der Waals surface area (Å²) in [6.07, 6.45) is 4.59. The molecular formula is C19H22ClFN6O2. The van der Waals surface area contributed by atoms with Crippen LogP contribution in [0.3, 0.4) is 0 Å². The fourth-order valence-electron chi connectivity index (χ4n) is 2.68. The molecular weight excluding hydrogens is 399 g/mol. The number of pyridine rings is 1. The predicted octanol–water partition coefficient (Wildman–Crippen LogP) is 2.72. The van der Waals surface area contributed by atoms with Crippen LogP contribution in [0.15, 0.2) is 30.9 Å². The van der Waals surface area contributed by atoms with Crippen LogP contribution in [-0.4, -0.2) is 55.5 Å². The molecule has 3 heterocycles. The average Bonchev–Trinajstić information content (AvgIpc) is 3.08. The number of aliphatic hydroxyl groups is 1. The van der Waals surface area contributed by atoms with E-state index < -0.39 is 17.7 Å². The first-order valence-electron chi connectivity index (χ1n) is 9.08. The Labute approximate surface area is 172 Å². The van der Waals surface area contributed by atoms with E-state index in [1.807, 2.05) is 6.92 Å². The number of hydrogen-bond donors (Lipinski definition) is 3.